The number of carbonyl (C=O) groups is 1. The molecule has 0 bridgehead atoms. The van der Waals surface area contributed by atoms with Crippen molar-refractivity contribution in [1.29, 1.82) is 5.41 Å². The standard InChI is InChI=1S/C27H28ClIN4O3S/c1-3-4-5-6-7-12-23-32-33-25(30)19(26(34)31-27(33)37-23)13-17-14-21(29)24(22(15-17)35-2)36-16-18-10-8-9-11-20(18)28/h8-11,13-15,30H,3-7,12,16H2,1-2H3. The zero-order valence-corrected chi connectivity index (χ0v) is 24.5. The summed E-state index contributed by atoms with van der Waals surface area (Å²) >= 11 is 9.81. The van der Waals surface area contributed by atoms with E-state index in [2.05, 4.69) is 39.6 Å². The van der Waals surface area contributed by atoms with Crippen molar-refractivity contribution in [3.8, 4) is 11.5 Å². The number of hydrogen-bond acceptors (Lipinski definition) is 6. The van der Waals surface area contributed by atoms with Crippen molar-refractivity contribution in [2.45, 2.75) is 52.1 Å². The number of amidine groups is 2. The van der Waals surface area contributed by atoms with Gasteiger partial charge in [0, 0.05) is 10.6 Å². The first-order valence-electron chi connectivity index (χ1n) is 12.1. The van der Waals surface area contributed by atoms with Crippen LogP contribution in [0.15, 0.2) is 52.1 Å². The van der Waals surface area contributed by atoms with Gasteiger partial charge in [-0.15, -0.1) is 0 Å². The highest BCUT2D eigenvalue weighted by molar-refractivity contribution is 14.1. The van der Waals surface area contributed by atoms with Crippen LogP contribution in [0.2, 0.25) is 5.02 Å². The number of hydrazone groups is 1. The average Bonchev–Trinajstić information content (AvgIpc) is 3.29. The summed E-state index contributed by atoms with van der Waals surface area (Å²) in [6, 6.07) is 11.2. The molecule has 2 aliphatic rings. The van der Waals surface area contributed by atoms with Gasteiger partial charge in [0.1, 0.15) is 11.7 Å². The number of halogens is 2. The maximum absolute atomic E-state index is 12.8. The molecule has 0 spiro atoms. The van der Waals surface area contributed by atoms with Crippen molar-refractivity contribution in [2.75, 3.05) is 7.11 Å². The molecule has 2 aromatic rings. The van der Waals surface area contributed by atoms with Crippen LogP contribution in [-0.4, -0.2) is 34.1 Å². The molecule has 37 heavy (non-hydrogen) atoms. The number of aliphatic imine (C=N–C) groups is 1. The number of thioether (sulfide) groups is 1. The number of carbonyl (C=O) groups excluding carboxylic acids is 1. The Hall–Kier alpha value is -2.37. The van der Waals surface area contributed by atoms with Crippen molar-refractivity contribution >= 4 is 74.0 Å². The molecule has 10 heteroatoms. The van der Waals surface area contributed by atoms with E-state index in [9.17, 15) is 4.79 Å². The number of methoxy groups -OCH3 is 1. The van der Waals surface area contributed by atoms with E-state index in [4.69, 9.17) is 26.5 Å². The second-order valence-corrected chi connectivity index (χ2v) is 11.2. The van der Waals surface area contributed by atoms with E-state index in [1.807, 2.05) is 30.3 Å². The van der Waals surface area contributed by atoms with Crippen LogP contribution in [-0.2, 0) is 11.4 Å². The Morgan fingerprint density at radius 3 is 2.73 bits per heavy atom. The molecule has 0 saturated carbocycles. The van der Waals surface area contributed by atoms with Crippen molar-refractivity contribution < 1.29 is 14.3 Å². The summed E-state index contributed by atoms with van der Waals surface area (Å²) in [5.41, 5.74) is 1.75. The molecule has 7 nitrogen and oxygen atoms in total. The van der Waals surface area contributed by atoms with E-state index in [-0.39, 0.29) is 11.4 Å². The Kier molecular flexibility index (Phi) is 9.66. The first kappa shape index (κ1) is 27.7. The number of hydrogen-bond donors (Lipinski definition) is 1. The first-order chi connectivity index (χ1) is 17.9. The smallest absolute Gasteiger partial charge is 0.283 e. The van der Waals surface area contributed by atoms with Crippen LogP contribution in [0, 0.1) is 8.98 Å². The van der Waals surface area contributed by atoms with Crippen LogP contribution in [0.25, 0.3) is 6.08 Å². The number of unbranched alkanes of at least 4 members (excludes halogenated alkanes) is 4. The summed E-state index contributed by atoms with van der Waals surface area (Å²) < 4.78 is 12.4. The van der Waals surface area contributed by atoms with Crippen LogP contribution in [0.1, 0.15) is 56.6 Å². The number of amides is 1. The fraction of sp³-hybridized carbons (Fsp3) is 0.333. The summed E-state index contributed by atoms with van der Waals surface area (Å²) in [6.45, 7) is 2.49. The second kappa shape index (κ2) is 12.9. The summed E-state index contributed by atoms with van der Waals surface area (Å²) in [5.74, 6) is 0.678. The summed E-state index contributed by atoms with van der Waals surface area (Å²) in [6.07, 6.45) is 8.33. The molecule has 194 valence electrons. The van der Waals surface area contributed by atoms with Crippen LogP contribution < -0.4 is 9.47 Å². The lowest BCUT2D eigenvalue weighted by molar-refractivity contribution is -0.114. The zero-order valence-electron chi connectivity index (χ0n) is 20.7. The summed E-state index contributed by atoms with van der Waals surface area (Å²) in [5, 5.41) is 16.7. The fourth-order valence-electron chi connectivity index (χ4n) is 3.91. The lowest BCUT2D eigenvalue weighted by atomic mass is 10.1. The molecule has 0 saturated heterocycles. The van der Waals surface area contributed by atoms with Crippen molar-refractivity contribution in [3.05, 3.63) is 61.7 Å². The van der Waals surface area contributed by atoms with E-state index in [1.165, 1.54) is 36.0 Å². The van der Waals surface area contributed by atoms with E-state index in [0.29, 0.717) is 33.9 Å². The van der Waals surface area contributed by atoms with Crippen LogP contribution in [0.3, 0.4) is 0 Å². The molecule has 0 aliphatic carbocycles. The lowest BCUT2D eigenvalue weighted by Crippen LogP contribution is -2.35. The van der Waals surface area contributed by atoms with Gasteiger partial charge in [-0.2, -0.15) is 15.1 Å². The quantitative estimate of drug-likeness (QED) is 0.155. The Morgan fingerprint density at radius 2 is 1.97 bits per heavy atom. The fourth-order valence-corrected chi connectivity index (χ4v) is 5.81. The molecule has 0 aromatic heterocycles. The van der Waals surface area contributed by atoms with Gasteiger partial charge in [-0.05, 0) is 77.0 Å². The molecular weight excluding hydrogens is 623 g/mol. The molecule has 2 heterocycles. The molecule has 1 N–H and O–H groups in total. The van der Waals surface area contributed by atoms with Gasteiger partial charge in [0.15, 0.2) is 17.3 Å². The van der Waals surface area contributed by atoms with Gasteiger partial charge in [-0.1, -0.05) is 62.4 Å². The maximum atomic E-state index is 12.8. The van der Waals surface area contributed by atoms with E-state index in [1.54, 1.807) is 19.3 Å². The number of nitrogens with zero attached hydrogens (tertiary/aromatic N) is 3. The van der Waals surface area contributed by atoms with Gasteiger partial charge in [-0.3, -0.25) is 10.2 Å². The Balaban J connectivity index is 1.50. The summed E-state index contributed by atoms with van der Waals surface area (Å²) in [4.78, 5) is 17.0. The SMILES string of the molecule is CCCCCCCC1=NN2C(=N)C(=Cc3cc(I)c(OCc4ccccc4Cl)c(OC)c3)C(=O)N=C2S1. The third kappa shape index (κ3) is 6.74. The molecule has 0 radical (unpaired) electrons. The van der Waals surface area contributed by atoms with Crippen LogP contribution in [0.5, 0.6) is 11.5 Å². The highest BCUT2D eigenvalue weighted by atomic mass is 127. The molecule has 1 amide bonds. The van der Waals surface area contributed by atoms with Crippen molar-refractivity contribution in [3.63, 3.8) is 0 Å². The van der Waals surface area contributed by atoms with Gasteiger partial charge in [-0.25, -0.2) is 0 Å². The Morgan fingerprint density at radius 1 is 1.19 bits per heavy atom. The van der Waals surface area contributed by atoms with E-state index in [0.717, 1.165) is 33.4 Å². The predicted octanol–water partition coefficient (Wildman–Crippen LogP) is 7.51. The van der Waals surface area contributed by atoms with Gasteiger partial charge < -0.3 is 9.47 Å². The van der Waals surface area contributed by atoms with E-state index < -0.39 is 5.91 Å². The molecule has 0 unspecified atom stereocenters. The number of rotatable bonds is 11. The number of fused-ring (bicyclic) bond motifs is 1. The van der Waals surface area contributed by atoms with Crippen LogP contribution >= 0.6 is 46.0 Å². The van der Waals surface area contributed by atoms with Crippen molar-refractivity contribution in [2.24, 2.45) is 10.1 Å². The zero-order chi connectivity index (χ0) is 26.4. The van der Waals surface area contributed by atoms with Crippen molar-refractivity contribution in [1.82, 2.24) is 5.01 Å². The second-order valence-electron chi connectivity index (χ2n) is 8.59. The lowest BCUT2D eigenvalue weighted by Gasteiger charge is -2.20. The average molecular weight is 651 g/mol. The molecule has 0 fully saturated rings. The van der Waals surface area contributed by atoms with Gasteiger partial charge in [0.2, 0.25) is 5.17 Å². The summed E-state index contributed by atoms with van der Waals surface area (Å²) in [7, 11) is 1.56. The minimum absolute atomic E-state index is 0.0245. The third-order valence-corrected chi connectivity index (χ3v) is 8.02. The Labute approximate surface area is 240 Å². The molecule has 2 aromatic carbocycles. The highest BCUT2D eigenvalue weighted by Gasteiger charge is 2.35. The van der Waals surface area contributed by atoms with Gasteiger partial charge in [0.25, 0.3) is 5.91 Å². The van der Waals surface area contributed by atoms with Crippen LogP contribution in [0.4, 0.5) is 0 Å². The molecule has 2 aliphatic heterocycles. The normalized spacial score (nSPS) is 16.1. The van der Waals surface area contributed by atoms with Gasteiger partial charge in [0.05, 0.1) is 16.3 Å². The monoisotopic (exact) mass is 650 g/mol. The largest absolute Gasteiger partial charge is 0.493 e. The molecule has 0 atom stereocenters. The number of nitrogens with one attached hydrogen (secondary N) is 1. The number of ether oxygens (including phenoxy) is 2. The maximum Gasteiger partial charge on any atom is 0.283 e. The Bertz CT molecular complexity index is 1290. The number of benzene rings is 2. The molecule has 4 rings (SSSR count). The third-order valence-electron chi connectivity index (χ3n) is 5.88. The highest BCUT2D eigenvalue weighted by Crippen LogP contribution is 2.36. The topological polar surface area (TPSA) is 87.3 Å². The molecular formula is C27H28ClIN4O3S. The van der Waals surface area contributed by atoms with Gasteiger partial charge >= 0.3 is 0 Å². The minimum atomic E-state index is -0.448. The minimum Gasteiger partial charge on any atom is -0.493 e. The first-order valence-corrected chi connectivity index (χ1v) is 14.4. The predicted molar refractivity (Wildman–Crippen MR) is 160 cm³/mol. The van der Waals surface area contributed by atoms with E-state index >= 15 is 0 Å².